The second-order valence-electron chi connectivity index (χ2n) is 10.3. The van der Waals surface area contributed by atoms with Crippen molar-refractivity contribution in [1.82, 2.24) is 24.4 Å². The Hall–Kier alpha value is -2.54. The molecule has 0 radical (unpaired) electrons. The molecule has 0 spiro atoms. The summed E-state index contributed by atoms with van der Waals surface area (Å²) in [6.45, 7) is 4.88. The van der Waals surface area contributed by atoms with Gasteiger partial charge in [0.25, 0.3) is 0 Å². The molecule has 2 aliphatic heterocycles. The van der Waals surface area contributed by atoms with Gasteiger partial charge in [-0.2, -0.15) is 5.10 Å². The van der Waals surface area contributed by atoms with Crippen molar-refractivity contribution in [3.05, 3.63) is 88.8 Å². The molecule has 0 saturated carbocycles. The second kappa shape index (κ2) is 11.7. The van der Waals surface area contributed by atoms with Crippen molar-refractivity contribution < 1.29 is 0 Å². The molecule has 2 aliphatic rings. The smallest absolute Gasteiger partial charge is 0.154 e. The molecule has 6 heteroatoms. The summed E-state index contributed by atoms with van der Waals surface area (Å²) >= 11 is 3.47. The third-order valence-electron chi connectivity index (χ3n) is 7.74. The van der Waals surface area contributed by atoms with Crippen LogP contribution in [0.15, 0.2) is 77.7 Å². The highest BCUT2D eigenvalue weighted by molar-refractivity contribution is 9.10. The highest BCUT2D eigenvalue weighted by Crippen LogP contribution is 2.30. The second-order valence-corrected chi connectivity index (χ2v) is 11.2. The lowest BCUT2D eigenvalue weighted by atomic mass is 9.89. The summed E-state index contributed by atoms with van der Waals surface area (Å²) in [6.07, 6.45) is 10.9. The highest BCUT2D eigenvalue weighted by atomic mass is 79.9. The lowest BCUT2D eigenvalue weighted by Gasteiger charge is -2.29. The van der Waals surface area contributed by atoms with Crippen LogP contribution in [-0.4, -0.2) is 64.7 Å². The highest BCUT2D eigenvalue weighted by Gasteiger charge is 2.19. The molecule has 5 nitrogen and oxygen atoms in total. The first-order valence-corrected chi connectivity index (χ1v) is 13.9. The van der Waals surface area contributed by atoms with E-state index >= 15 is 0 Å². The first-order chi connectivity index (χ1) is 17.5. The predicted octanol–water partition coefficient (Wildman–Crippen LogP) is 6.46. The van der Waals surface area contributed by atoms with E-state index in [9.17, 15) is 0 Å². The Balaban J connectivity index is 0.000000165. The van der Waals surface area contributed by atoms with Crippen LogP contribution in [0.5, 0.6) is 0 Å². The molecule has 4 heterocycles. The minimum absolute atomic E-state index is 0.706. The number of nitrogens with zero attached hydrogens (tertiary/aromatic N) is 5. The van der Waals surface area contributed by atoms with Crippen LogP contribution in [-0.2, 0) is 0 Å². The van der Waals surface area contributed by atoms with Crippen LogP contribution < -0.4 is 0 Å². The van der Waals surface area contributed by atoms with Crippen LogP contribution in [0.3, 0.4) is 0 Å². The first-order valence-electron chi connectivity index (χ1n) is 13.1. The van der Waals surface area contributed by atoms with E-state index in [4.69, 9.17) is 0 Å². The molecule has 0 unspecified atom stereocenters. The predicted molar refractivity (Wildman–Crippen MR) is 152 cm³/mol. The molecule has 36 heavy (non-hydrogen) atoms. The number of benzene rings is 2. The largest absolute Gasteiger partial charge is 0.306 e. The number of piperidine rings is 2. The summed E-state index contributed by atoms with van der Waals surface area (Å²) < 4.78 is 2.99. The van der Waals surface area contributed by atoms with Crippen molar-refractivity contribution in [3.63, 3.8) is 0 Å². The minimum Gasteiger partial charge on any atom is -0.306 e. The number of likely N-dealkylation sites (tertiary alicyclic amines) is 2. The van der Waals surface area contributed by atoms with E-state index < -0.39 is 0 Å². The molecule has 2 aromatic heterocycles. The number of hydrogen-bond donors (Lipinski definition) is 0. The Morgan fingerprint density at radius 2 is 1.22 bits per heavy atom. The number of halogens is 1. The maximum atomic E-state index is 4.43. The standard InChI is InChI=1S/C18H20N4.C12H16BrN/c1-21-10-7-16(8-11-21)14-2-4-15(5-3-14)17-12-19-18-6-9-20-22(18)13-17;1-14-8-6-11(7-9-14)10-2-4-12(13)5-3-10/h2-6,9,12-13,16H,7-8,10-11H2,1H3;2-5,11H,6-9H2,1H3. The van der Waals surface area contributed by atoms with Crippen LogP contribution in [0.2, 0.25) is 0 Å². The molecule has 2 aromatic carbocycles. The molecule has 2 saturated heterocycles. The lowest BCUT2D eigenvalue weighted by Crippen LogP contribution is -2.29. The third kappa shape index (κ3) is 6.23. The quantitative estimate of drug-likeness (QED) is 0.296. The summed E-state index contributed by atoms with van der Waals surface area (Å²) in [5.74, 6) is 1.48. The van der Waals surface area contributed by atoms with Crippen molar-refractivity contribution in [2.45, 2.75) is 37.5 Å². The van der Waals surface area contributed by atoms with Crippen LogP contribution >= 0.6 is 15.9 Å². The van der Waals surface area contributed by atoms with Gasteiger partial charge in [-0.05, 0) is 107 Å². The molecule has 0 amide bonds. The fourth-order valence-electron chi connectivity index (χ4n) is 5.33. The van der Waals surface area contributed by atoms with Gasteiger partial charge in [-0.3, -0.25) is 0 Å². The zero-order chi connectivity index (χ0) is 24.9. The molecule has 0 aliphatic carbocycles. The lowest BCUT2D eigenvalue weighted by molar-refractivity contribution is 0.255. The molecule has 0 bridgehead atoms. The molecular formula is C30H36BrN5. The zero-order valence-electron chi connectivity index (χ0n) is 21.4. The third-order valence-corrected chi connectivity index (χ3v) is 8.27. The van der Waals surface area contributed by atoms with Crippen LogP contribution in [0.1, 0.15) is 48.6 Å². The van der Waals surface area contributed by atoms with Gasteiger partial charge in [0.2, 0.25) is 0 Å². The van der Waals surface area contributed by atoms with E-state index in [2.05, 4.69) is 98.4 Å². The fourth-order valence-corrected chi connectivity index (χ4v) is 5.59. The van der Waals surface area contributed by atoms with Gasteiger partial charge < -0.3 is 9.80 Å². The Labute approximate surface area is 223 Å². The zero-order valence-corrected chi connectivity index (χ0v) is 22.9. The van der Waals surface area contributed by atoms with Gasteiger partial charge in [-0.15, -0.1) is 0 Å². The number of rotatable bonds is 3. The van der Waals surface area contributed by atoms with Crippen molar-refractivity contribution >= 4 is 21.6 Å². The van der Waals surface area contributed by atoms with Crippen molar-refractivity contribution in [2.75, 3.05) is 40.3 Å². The Bertz CT molecular complexity index is 1230. The van der Waals surface area contributed by atoms with Crippen molar-refractivity contribution in [2.24, 2.45) is 0 Å². The van der Waals surface area contributed by atoms with Crippen molar-refractivity contribution in [1.29, 1.82) is 0 Å². The van der Waals surface area contributed by atoms with E-state index in [1.807, 2.05) is 23.0 Å². The van der Waals surface area contributed by atoms with Gasteiger partial charge in [0.15, 0.2) is 5.65 Å². The maximum Gasteiger partial charge on any atom is 0.154 e. The van der Waals surface area contributed by atoms with E-state index in [1.165, 1.54) is 73.0 Å². The summed E-state index contributed by atoms with van der Waals surface area (Å²) in [5, 5.41) is 4.25. The van der Waals surface area contributed by atoms with E-state index in [0.29, 0.717) is 5.92 Å². The van der Waals surface area contributed by atoms with Crippen LogP contribution in [0.4, 0.5) is 0 Å². The number of hydrogen-bond acceptors (Lipinski definition) is 4. The van der Waals surface area contributed by atoms with E-state index in [0.717, 1.165) is 17.1 Å². The average molecular weight is 547 g/mol. The summed E-state index contributed by atoms with van der Waals surface area (Å²) in [7, 11) is 4.41. The molecule has 2 fully saturated rings. The van der Waals surface area contributed by atoms with Gasteiger partial charge in [-0.25, -0.2) is 9.50 Å². The van der Waals surface area contributed by atoms with Gasteiger partial charge >= 0.3 is 0 Å². The maximum absolute atomic E-state index is 4.43. The van der Waals surface area contributed by atoms with E-state index in [-0.39, 0.29) is 0 Å². The SMILES string of the molecule is CN1CCC(c2ccc(-c3cnc4ccnn4c3)cc2)CC1.CN1CCC(c2ccc(Br)cc2)CC1. The summed E-state index contributed by atoms with van der Waals surface area (Å²) in [5.41, 5.74) is 6.14. The monoisotopic (exact) mass is 545 g/mol. The Kier molecular flexibility index (Phi) is 8.15. The van der Waals surface area contributed by atoms with Gasteiger partial charge in [0.1, 0.15) is 0 Å². The number of aromatic nitrogens is 3. The molecule has 188 valence electrons. The van der Waals surface area contributed by atoms with Gasteiger partial charge in [0, 0.05) is 28.5 Å². The summed E-state index contributed by atoms with van der Waals surface area (Å²) in [4.78, 5) is 9.26. The van der Waals surface area contributed by atoms with Gasteiger partial charge in [-0.1, -0.05) is 52.3 Å². The van der Waals surface area contributed by atoms with Crippen LogP contribution in [0, 0.1) is 0 Å². The Morgan fingerprint density at radius 3 is 1.78 bits per heavy atom. The molecular weight excluding hydrogens is 510 g/mol. The van der Waals surface area contributed by atoms with Crippen molar-refractivity contribution in [3.8, 4) is 11.1 Å². The fraction of sp³-hybridized carbons (Fsp3) is 0.400. The Morgan fingerprint density at radius 1 is 0.694 bits per heavy atom. The van der Waals surface area contributed by atoms with Crippen LogP contribution in [0.25, 0.3) is 16.8 Å². The van der Waals surface area contributed by atoms with Gasteiger partial charge in [0.05, 0.1) is 6.20 Å². The number of fused-ring (bicyclic) bond motifs is 1. The first kappa shape index (κ1) is 25.1. The molecule has 6 rings (SSSR count). The molecule has 0 N–H and O–H groups in total. The normalized spacial score (nSPS) is 18.2. The molecule has 0 atom stereocenters. The van der Waals surface area contributed by atoms with E-state index in [1.54, 1.807) is 6.20 Å². The molecule has 4 aromatic rings. The minimum atomic E-state index is 0.706. The topological polar surface area (TPSA) is 36.7 Å². The summed E-state index contributed by atoms with van der Waals surface area (Å²) in [6, 6.07) is 19.7. The average Bonchev–Trinajstić information content (AvgIpc) is 3.39.